The summed E-state index contributed by atoms with van der Waals surface area (Å²) in [5.74, 6) is -0.322. The highest BCUT2D eigenvalue weighted by Gasteiger charge is 2.18. The average molecular weight is 190 g/mol. The fourth-order valence-electron chi connectivity index (χ4n) is 1.52. The van der Waals surface area contributed by atoms with Crippen molar-refractivity contribution >= 4 is 17.3 Å². The Kier molecular flexibility index (Phi) is 2.18. The largest absolute Gasteiger partial charge is 0.410 e. The minimum Gasteiger partial charge on any atom is -0.410 e. The average Bonchev–Trinajstić information content (AvgIpc) is 2.36. The van der Waals surface area contributed by atoms with Crippen molar-refractivity contribution in [3.05, 3.63) is 29.8 Å². The van der Waals surface area contributed by atoms with Crippen LogP contribution >= 0.6 is 0 Å². The Labute approximate surface area is 81.2 Å². The highest BCUT2D eigenvalue weighted by atomic mass is 16.4. The van der Waals surface area contributed by atoms with Gasteiger partial charge in [0.25, 0.3) is 5.91 Å². The lowest BCUT2D eigenvalue weighted by Crippen LogP contribution is -2.20. The first-order valence-corrected chi connectivity index (χ1v) is 4.41. The second-order valence-electron chi connectivity index (χ2n) is 3.16. The summed E-state index contributed by atoms with van der Waals surface area (Å²) in [6, 6.07) is 7.58. The maximum atomic E-state index is 11.4. The van der Waals surface area contributed by atoms with Gasteiger partial charge in [0.05, 0.1) is 0 Å². The van der Waals surface area contributed by atoms with Crippen molar-refractivity contribution in [3.8, 4) is 0 Å². The molecule has 2 N–H and O–H groups in total. The van der Waals surface area contributed by atoms with E-state index in [1.807, 2.05) is 24.3 Å². The minimum atomic E-state index is -0.322. The van der Waals surface area contributed by atoms with Gasteiger partial charge < -0.3 is 10.5 Å². The molecule has 0 aliphatic carbocycles. The van der Waals surface area contributed by atoms with Gasteiger partial charge in [0, 0.05) is 12.1 Å². The number of rotatable bonds is 0. The highest BCUT2D eigenvalue weighted by Crippen LogP contribution is 2.20. The molecule has 0 spiro atoms. The van der Waals surface area contributed by atoms with Crippen molar-refractivity contribution in [2.75, 3.05) is 5.32 Å². The van der Waals surface area contributed by atoms with Crippen LogP contribution in [0.1, 0.15) is 12.0 Å². The van der Waals surface area contributed by atoms with Gasteiger partial charge in [-0.1, -0.05) is 23.4 Å². The van der Waals surface area contributed by atoms with Gasteiger partial charge in [0.2, 0.25) is 0 Å². The maximum absolute atomic E-state index is 11.4. The minimum absolute atomic E-state index is 0.182. The second-order valence-corrected chi connectivity index (χ2v) is 3.16. The Morgan fingerprint density at radius 3 is 2.86 bits per heavy atom. The molecule has 1 heterocycles. The number of anilines is 1. The van der Waals surface area contributed by atoms with Gasteiger partial charge >= 0.3 is 0 Å². The molecule has 1 aliphatic rings. The molecule has 2 rings (SSSR count). The molecule has 1 aromatic carbocycles. The van der Waals surface area contributed by atoms with Crippen LogP contribution in [0.2, 0.25) is 0 Å². The summed E-state index contributed by atoms with van der Waals surface area (Å²) in [6.45, 7) is 0. The lowest BCUT2D eigenvalue weighted by atomic mass is 10.1. The fourth-order valence-corrected chi connectivity index (χ4v) is 1.52. The summed E-state index contributed by atoms with van der Waals surface area (Å²) < 4.78 is 0. The quantitative estimate of drug-likeness (QED) is 0.480. The first-order chi connectivity index (χ1) is 6.81. The van der Waals surface area contributed by atoms with E-state index in [1.54, 1.807) is 0 Å². The van der Waals surface area contributed by atoms with Crippen molar-refractivity contribution in [3.63, 3.8) is 0 Å². The van der Waals surface area contributed by atoms with E-state index >= 15 is 0 Å². The third-order valence-electron chi connectivity index (χ3n) is 2.28. The molecule has 0 bridgehead atoms. The van der Waals surface area contributed by atoms with E-state index in [4.69, 9.17) is 5.21 Å². The predicted octanol–water partition coefficient (Wildman–Crippen LogP) is 1.40. The molecule has 1 aromatic rings. The molecule has 4 nitrogen and oxygen atoms in total. The van der Waals surface area contributed by atoms with Crippen LogP contribution in [0.3, 0.4) is 0 Å². The molecule has 0 aromatic heterocycles. The molecule has 72 valence electrons. The SMILES string of the molecule is O=C1Nc2ccccc2CC/C1=N/O. The lowest BCUT2D eigenvalue weighted by Gasteiger charge is -2.03. The van der Waals surface area contributed by atoms with Crippen molar-refractivity contribution in [2.45, 2.75) is 12.8 Å². The molecule has 0 fully saturated rings. The first-order valence-electron chi connectivity index (χ1n) is 4.41. The smallest absolute Gasteiger partial charge is 0.273 e. The number of fused-ring (bicyclic) bond motifs is 1. The van der Waals surface area contributed by atoms with Crippen LogP contribution in [0.5, 0.6) is 0 Å². The number of benzene rings is 1. The Bertz CT molecular complexity index is 399. The number of hydrogen-bond donors (Lipinski definition) is 2. The van der Waals surface area contributed by atoms with Crippen LogP contribution in [0, 0.1) is 0 Å². The van der Waals surface area contributed by atoms with Crippen molar-refractivity contribution < 1.29 is 10.0 Å². The lowest BCUT2D eigenvalue weighted by molar-refractivity contribution is -0.110. The molecule has 1 aliphatic heterocycles. The topological polar surface area (TPSA) is 61.7 Å². The van der Waals surface area contributed by atoms with E-state index in [0.717, 1.165) is 11.3 Å². The van der Waals surface area contributed by atoms with Crippen molar-refractivity contribution in [1.82, 2.24) is 0 Å². The number of amides is 1. The number of hydrogen-bond acceptors (Lipinski definition) is 3. The van der Waals surface area contributed by atoms with Gasteiger partial charge in [-0.05, 0) is 18.1 Å². The van der Waals surface area contributed by atoms with Crippen molar-refractivity contribution in [2.24, 2.45) is 5.16 Å². The summed E-state index contributed by atoms with van der Waals surface area (Å²) in [5, 5.41) is 14.3. The zero-order chi connectivity index (χ0) is 9.97. The van der Waals surface area contributed by atoms with E-state index in [0.29, 0.717) is 12.8 Å². The van der Waals surface area contributed by atoms with Gasteiger partial charge in [0.1, 0.15) is 5.71 Å². The van der Waals surface area contributed by atoms with Gasteiger partial charge in [-0.25, -0.2) is 0 Å². The summed E-state index contributed by atoms with van der Waals surface area (Å²) in [6.07, 6.45) is 1.19. The molecule has 0 saturated carbocycles. The fraction of sp³-hybridized carbons (Fsp3) is 0.200. The number of aryl methyl sites for hydroxylation is 1. The van der Waals surface area contributed by atoms with Crippen molar-refractivity contribution in [1.29, 1.82) is 0 Å². The molecule has 0 unspecified atom stereocenters. The van der Waals surface area contributed by atoms with E-state index in [-0.39, 0.29) is 11.6 Å². The van der Waals surface area contributed by atoms with Crippen LogP contribution in [-0.4, -0.2) is 16.8 Å². The van der Waals surface area contributed by atoms with Crippen LogP contribution in [0.15, 0.2) is 29.4 Å². The molecule has 0 atom stereocenters. The monoisotopic (exact) mass is 190 g/mol. The third-order valence-corrected chi connectivity index (χ3v) is 2.28. The number of para-hydroxylation sites is 1. The van der Waals surface area contributed by atoms with Crippen LogP contribution < -0.4 is 5.32 Å². The normalized spacial score (nSPS) is 18.6. The molecule has 0 saturated heterocycles. The predicted molar refractivity (Wildman–Crippen MR) is 52.6 cm³/mol. The van der Waals surface area contributed by atoms with Gasteiger partial charge in [0.15, 0.2) is 0 Å². The first kappa shape index (κ1) is 8.74. The molecule has 0 radical (unpaired) electrons. The van der Waals surface area contributed by atoms with Crippen LogP contribution in [-0.2, 0) is 11.2 Å². The van der Waals surface area contributed by atoms with E-state index in [2.05, 4.69) is 10.5 Å². The Morgan fingerprint density at radius 1 is 1.29 bits per heavy atom. The number of oxime groups is 1. The number of carbonyl (C=O) groups is 1. The van der Waals surface area contributed by atoms with Gasteiger partial charge in [-0.15, -0.1) is 0 Å². The molecule has 14 heavy (non-hydrogen) atoms. The van der Waals surface area contributed by atoms with Crippen LogP contribution in [0.4, 0.5) is 5.69 Å². The zero-order valence-corrected chi connectivity index (χ0v) is 7.53. The van der Waals surface area contributed by atoms with Crippen LogP contribution in [0.25, 0.3) is 0 Å². The Hall–Kier alpha value is -1.84. The third kappa shape index (κ3) is 1.46. The summed E-state index contributed by atoms with van der Waals surface area (Å²) in [5.41, 5.74) is 2.05. The number of nitrogens with one attached hydrogen (secondary N) is 1. The molecule has 4 heteroatoms. The van der Waals surface area contributed by atoms with E-state index in [9.17, 15) is 4.79 Å². The summed E-state index contributed by atoms with van der Waals surface area (Å²) >= 11 is 0. The molecular weight excluding hydrogens is 180 g/mol. The molecule has 1 amide bonds. The highest BCUT2D eigenvalue weighted by molar-refractivity contribution is 6.43. The number of nitrogens with zero attached hydrogens (tertiary/aromatic N) is 1. The summed E-state index contributed by atoms with van der Waals surface area (Å²) in [4.78, 5) is 11.4. The maximum Gasteiger partial charge on any atom is 0.273 e. The zero-order valence-electron chi connectivity index (χ0n) is 7.53. The Balaban J connectivity index is 2.37. The van der Waals surface area contributed by atoms with Gasteiger partial charge in [-0.3, -0.25) is 4.79 Å². The Morgan fingerprint density at radius 2 is 2.07 bits per heavy atom. The standard InChI is InChI=1S/C10H10N2O2/c13-10-9(12-14)6-5-7-3-1-2-4-8(7)11-10/h1-4,14H,5-6H2,(H,11,13)/b12-9-. The second kappa shape index (κ2) is 3.49. The molecular formula is C10H10N2O2. The van der Waals surface area contributed by atoms with Gasteiger partial charge in [-0.2, -0.15) is 0 Å². The van der Waals surface area contributed by atoms with E-state index < -0.39 is 0 Å². The number of carbonyl (C=O) groups excluding carboxylic acids is 1. The van der Waals surface area contributed by atoms with E-state index in [1.165, 1.54) is 0 Å². The summed E-state index contributed by atoms with van der Waals surface area (Å²) in [7, 11) is 0.